The molecular formula is C27H44. The summed E-state index contributed by atoms with van der Waals surface area (Å²) in [7, 11) is 0. The second kappa shape index (κ2) is 5.89. The third-order valence-electron chi connectivity index (χ3n) is 11.3. The van der Waals surface area contributed by atoms with Crippen LogP contribution < -0.4 is 0 Å². The second-order valence-electron chi connectivity index (χ2n) is 12.6. The van der Waals surface area contributed by atoms with Crippen LogP contribution in [0.2, 0.25) is 0 Å². The molecule has 0 bridgehead atoms. The number of rotatable bonds is 5. The van der Waals surface area contributed by atoms with Gasteiger partial charge in [-0.25, -0.2) is 0 Å². The first-order valence-electron chi connectivity index (χ1n) is 12.5. The number of hydrogen-bond donors (Lipinski definition) is 0. The van der Waals surface area contributed by atoms with Crippen LogP contribution in [0.5, 0.6) is 0 Å². The zero-order chi connectivity index (χ0) is 19.1. The van der Waals surface area contributed by atoms with E-state index < -0.39 is 0 Å². The van der Waals surface area contributed by atoms with Crippen LogP contribution in [0.15, 0.2) is 11.6 Å². The van der Waals surface area contributed by atoms with E-state index in [2.05, 4.69) is 40.7 Å². The van der Waals surface area contributed by atoms with Crippen molar-refractivity contribution >= 4 is 0 Å². The molecule has 5 aliphatic rings. The van der Waals surface area contributed by atoms with Gasteiger partial charge in [0.1, 0.15) is 0 Å². The number of allylic oxidation sites excluding steroid dienone is 2. The minimum atomic E-state index is 0.614. The molecule has 0 aromatic carbocycles. The smallest absolute Gasteiger partial charge is 0.00113 e. The Kier molecular flexibility index (Phi) is 4.09. The number of hydrogen-bond acceptors (Lipinski definition) is 0. The highest BCUT2D eigenvalue weighted by Crippen LogP contribution is 2.91. The SMILES string of the molecule is CC(C)CCCCC1(C)CCC2C1(C)CCC1C34CCC(C)CC3=CCC214. The molecule has 7 atom stereocenters. The molecule has 2 spiro atoms. The quantitative estimate of drug-likeness (QED) is 0.339. The lowest BCUT2D eigenvalue weighted by Gasteiger charge is -2.50. The highest BCUT2D eigenvalue weighted by molar-refractivity contribution is 5.46. The Labute approximate surface area is 169 Å². The molecule has 0 amide bonds. The summed E-state index contributed by atoms with van der Waals surface area (Å²) in [6.45, 7) is 12.7. The average Bonchev–Trinajstić information content (AvgIpc) is 2.87. The summed E-state index contributed by atoms with van der Waals surface area (Å²) in [5.41, 5.74) is 4.61. The van der Waals surface area contributed by atoms with Gasteiger partial charge in [-0.15, -0.1) is 0 Å². The molecule has 0 heteroatoms. The molecule has 4 saturated carbocycles. The second-order valence-corrected chi connectivity index (χ2v) is 12.6. The van der Waals surface area contributed by atoms with Gasteiger partial charge in [-0.3, -0.25) is 0 Å². The largest absolute Gasteiger partial charge is 0.0841 e. The van der Waals surface area contributed by atoms with Crippen molar-refractivity contribution in [3.63, 3.8) is 0 Å². The van der Waals surface area contributed by atoms with Gasteiger partial charge >= 0.3 is 0 Å². The molecule has 0 N–H and O–H groups in total. The van der Waals surface area contributed by atoms with Crippen LogP contribution in [0, 0.1) is 45.3 Å². The number of fused-ring (bicyclic) bond motifs is 1. The lowest BCUT2D eigenvalue weighted by Crippen LogP contribution is -2.43. The van der Waals surface area contributed by atoms with Crippen molar-refractivity contribution in [2.24, 2.45) is 45.3 Å². The zero-order valence-electron chi connectivity index (χ0n) is 18.9. The van der Waals surface area contributed by atoms with E-state index >= 15 is 0 Å². The average molecular weight is 369 g/mol. The summed E-state index contributed by atoms with van der Waals surface area (Å²) >= 11 is 0. The summed E-state index contributed by atoms with van der Waals surface area (Å²) in [5, 5.41) is 0. The standard InChI is InChI=1S/C27H44/c1-19(2)8-6-7-13-24(4)14-11-22-25(24,5)15-12-23-26-16-9-20(3)18-21(26)10-17-27(22,23)26/h10,19-20,22-23H,6-9,11-18H2,1-5H3. The maximum atomic E-state index is 2.76. The maximum absolute atomic E-state index is 2.76. The van der Waals surface area contributed by atoms with Gasteiger partial charge in [-0.05, 0) is 97.7 Å². The highest BCUT2D eigenvalue weighted by atomic mass is 14.9. The molecule has 5 rings (SSSR count). The molecule has 0 aliphatic heterocycles. The minimum Gasteiger partial charge on any atom is -0.0841 e. The Morgan fingerprint density at radius 2 is 1.78 bits per heavy atom. The molecule has 7 unspecified atom stereocenters. The summed E-state index contributed by atoms with van der Waals surface area (Å²) in [6, 6.07) is 0. The van der Waals surface area contributed by atoms with Crippen LogP contribution >= 0.6 is 0 Å². The summed E-state index contributed by atoms with van der Waals surface area (Å²) in [6.07, 6.45) is 20.7. The molecule has 5 aliphatic carbocycles. The molecule has 0 saturated heterocycles. The Morgan fingerprint density at radius 3 is 2.56 bits per heavy atom. The van der Waals surface area contributed by atoms with E-state index in [1.54, 1.807) is 19.3 Å². The van der Waals surface area contributed by atoms with Crippen molar-refractivity contribution in [2.45, 2.75) is 112 Å². The van der Waals surface area contributed by atoms with Gasteiger partial charge in [-0.1, -0.05) is 65.5 Å². The van der Waals surface area contributed by atoms with Crippen LogP contribution in [0.25, 0.3) is 0 Å². The molecule has 0 radical (unpaired) electrons. The van der Waals surface area contributed by atoms with Crippen molar-refractivity contribution in [1.82, 2.24) is 0 Å². The topological polar surface area (TPSA) is 0 Å². The van der Waals surface area contributed by atoms with E-state index in [4.69, 9.17) is 0 Å². The highest BCUT2D eigenvalue weighted by Gasteiger charge is 2.85. The summed E-state index contributed by atoms with van der Waals surface area (Å²) in [4.78, 5) is 0. The summed E-state index contributed by atoms with van der Waals surface area (Å²) in [5.74, 6) is 3.93. The van der Waals surface area contributed by atoms with E-state index in [0.29, 0.717) is 16.2 Å². The van der Waals surface area contributed by atoms with Crippen LogP contribution in [0.3, 0.4) is 0 Å². The molecule has 0 heterocycles. The first kappa shape index (κ1) is 18.7. The van der Waals surface area contributed by atoms with Crippen LogP contribution in [0.1, 0.15) is 112 Å². The normalized spacial score (nSPS) is 52.8. The molecule has 0 nitrogen and oxygen atoms in total. The van der Waals surface area contributed by atoms with Gasteiger partial charge in [-0.2, -0.15) is 0 Å². The van der Waals surface area contributed by atoms with Gasteiger partial charge in [0.05, 0.1) is 0 Å². The van der Waals surface area contributed by atoms with Gasteiger partial charge in [0.25, 0.3) is 0 Å². The van der Waals surface area contributed by atoms with E-state index in [0.717, 1.165) is 29.1 Å². The molecule has 152 valence electrons. The molecule has 0 aromatic heterocycles. The van der Waals surface area contributed by atoms with Crippen LogP contribution in [0.4, 0.5) is 0 Å². The Balaban J connectivity index is 1.37. The Morgan fingerprint density at radius 1 is 1.00 bits per heavy atom. The Hall–Kier alpha value is -0.260. The van der Waals surface area contributed by atoms with Crippen molar-refractivity contribution in [3.8, 4) is 0 Å². The van der Waals surface area contributed by atoms with Crippen LogP contribution in [-0.4, -0.2) is 0 Å². The van der Waals surface area contributed by atoms with E-state index in [-0.39, 0.29) is 0 Å². The first-order valence-corrected chi connectivity index (χ1v) is 12.5. The van der Waals surface area contributed by atoms with Gasteiger partial charge in [0.15, 0.2) is 0 Å². The fourth-order valence-electron chi connectivity index (χ4n) is 9.73. The third kappa shape index (κ3) is 2.17. The molecule has 27 heavy (non-hydrogen) atoms. The molecule has 0 aromatic rings. The minimum absolute atomic E-state index is 0.614. The molecular weight excluding hydrogens is 324 g/mol. The zero-order valence-corrected chi connectivity index (χ0v) is 18.9. The van der Waals surface area contributed by atoms with Crippen molar-refractivity contribution in [2.75, 3.05) is 0 Å². The lowest BCUT2D eigenvalue weighted by molar-refractivity contribution is -0.0180. The monoisotopic (exact) mass is 368 g/mol. The van der Waals surface area contributed by atoms with Gasteiger partial charge < -0.3 is 0 Å². The fraction of sp³-hybridized carbons (Fsp3) is 0.926. The fourth-order valence-corrected chi connectivity index (χ4v) is 9.73. The summed E-state index contributed by atoms with van der Waals surface area (Å²) < 4.78 is 0. The van der Waals surface area contributed by atoms with Crippen molar-refractivity contribution in [3.05, 3.63) is 11.6 Å². The first-order chi connectivity index (χ1) is 12.8. The van der Waals surface area contributed by atoms with E-state index in [1.165, 1.54) is 57.8 Å². The molecule has 4 fully saturated rings. The predicted molar refractivity (Wildman–Crippen MR) is 116 cm³/mol. The maximum Gasteiger partial charge on any atom is 0.00113 e. The van der Waals surface area contributed by atoms with Crippen molar-refractivity contribution < 1.29 is 0 Å². The Bertz CT molecular complexity index is 642. The van der Waals surface area contributed by atoms with E-state index in [1.807, 2.05) is 5.57 Å². The predicted octanol–water partition coefficient (Wildman–Crippen LogP) is 8.17. The van der Waals surface area contributed by atoms with Gasteiger partial charge in [0.2, 0.25) is 0 Å². The number of unbranched alkanes of at least 4 members (excludes halogenated alkanes) is 1. The van der Waals surface area contributed by atoms with Crippen molar-refractivity contribution in [1.29, 1.82) is 0 Å². The third-order valence-corrected chi connectivity index (χ3v) is 11.3. The lowest BCUT2D eigenvalue weighted by atomic mass is 9.54. The van der Waals surface area contributed by atoms with Crippen LogP contribution in [-0.2, 0) is 0 Å². The van der Waals surface area contributed by atoms with E-state index in [9.17, 15) is 0 Å². The van der Waals surface area contributed by atoms with Gasteiger partial charge in [0, 0.05) is 5.41 Å².